The van der Waals surface area contributed by atoms with E-state index < -0.39 is 0 Å². The summed E-state index contributed by atoms with van der Waals surface area (Å²) >= 11 is 0. The number of benzene rings is 1. The number of piperidine rings is 1. The summed E-state index contributed by atoms with van der Waals surface area (Å²) in [5.41, 5.74) is 2.49. The third kappa shape index (κ3) is 2.63. The highest BCUT2D eigenvalue weighted by molar-refractivity contribution is 6.05. The summed E-state index contributed by atoms with van der Waals surface area (Å²) in [6, 6.07) is 10.4. The second-order valence-corrected chi connectivity index (χ2v) is 7.36. The molecule has 0 bridgehead atoms. The molecule has 2 aliphatic rings. The highest BCUT2D eigenvalue weighted by Gasteiger charge is 2.35. The molecule has 134 valence electrons. The Kier molecular flexibility index (Phi) is 3.82. The van der Waals surface area contributed by atoms with Gasteiger partial charge < -0.3 is 13.7 Å². The molecule has 3 aromatic rings. The lowest BCUT2D eigenvalue weighted by atomic mass is 9.85. The molecule has 4 heterocycles. The minimum Gasteiger partial charge on any atom is -0.472 e. The first-order valence-electron chi connectivity index (χ1n) is 9.38. The van der Waals surface area contributed by atoms with Crippen LogP contribution < -0.4 is 5.32 Å². The van der Waals surface area contributed by atoms with Crippen LogP contribution in [0.4, 0.5) is 5.88 Å². The van der Waals surface area contributed by atoms with Crippen LogP contribution in [0, 0.1) is 0 Å². The third-order valence-electron chi connectivity index (χ3n) is 5.87. The second-order valence-electron chi connectivity index (χ2n) is 7.36. The van der Waals surface area contributed by atoms with Crippen molar-refractivity contribution in [1.29, 1.82) is 0 Å². The Labute approximate surface area is 152 Å². The molecule has 1 aromatic carbocycles. The van der Waals surface area contributed by atoms with E-state index in [0.717, 1.165) is 35.9 Å². The van der Waals surface area contributed by atoms with Gasteiger partial charge in [-0.2, -0.15) is 0 Å². The van der Waals surface area contributed by atoms with E-state index in [-0.39, 0.29) is 5.91 Å². The highest BCUT2D eigenvalue weighted by atomic mass is 16.4. The van der Waals surface area contributed by atoms with Gasteiger partial charge in [0.25, 0.3) is 5.91 Å². The van der Waals surface area contributed by atoms with Crippen LogP contribution in [-0.2, 0) is 0 Å². The SMILES string of the molecule is O=C(Nc1oc2ccccc2c1C1CCN2CCCC2C1)c1ccoc1. The van der Waals surface area contributed by atoms with Crippen molar-refractivity contribution in [2.24, 2.45) is 0 Å². The number of rotatable bonds is 3. The van der Waals surface area contributed by atoms with Crippen LogP contribution in [0.15, 0.2) is 51.7 Å². The smallest absolute Gasteiger partial charge is 0.261 e. The molecule has 2 aromatic heterocycles. The maximum atomic E-state index is 12.5. The molecule has 5 rings (SSSR count). The molecule has 2 atom stereocenters. The number of furan rings is 2. The lowest BCUT2D eigenvalue weighted by Crippen LogP contribution is -2.37. The van der Waals surface area contributed by atoms with Gasteiger partial charge in [-0.1, -0.05) is 18.2 Å². The van der Waals surface area contributed by atoms with Crippen molar-refractivity contribution >= 4 is 22.8 Å². The van der Waals surface area contributed by atoms with Gasteiger partial charge in [0.05, 0.1) is 11.8 Å². The molecule has 2 unspecified atom stereocenters. The zero-order valence-electron chi connectivity index (χ0n) is 14.6. The normalized spacial score (nSPS) is 23.2. The standard InChI is InChI=1S/C21H22N2O3/c24-20(15-8-11-25-13-15)22-21-19(17-5-1-2-6-18(17)26-21)14-7-10-23-9-3-4-16(23)12-14/h1-2,5-6,8,11,13-14,16H,3-4,7,9-10,12H2,(H,22,24). The molecule has 0 spiro atoms. The van der Waals surface area contributed by atoms with E-state index in [0.29, 0.717) is 23.4 Å². The first-order valence-corrected chi connectivity index (χ1v) is 9.38. The summed E-state index contributed by atoms with van der Waals surface area (Å²) in [7, 11) is 0. The van der Waals surface area contributed by atoms with Crippen molar-refractivity contribution in [2.75, 3.05) is 18.4 Å². The third-order valence-corrected chi connectivity index (χ3v) is 5.87. The lowest BCUT2D eigenvalue weighted by molar-refractivity contribution is 0.102. The van der Waals surface area contributed by atoms with Crippen molar-refractivity contribution in [3.63, 3.8) is 0 Å². The van der Waals surface area contributed by atoms with Gasteiger partial charge in [-0.3, -0.25) is 10.1 Å². The topological polar surface area (TPSA) is 58.6 Å². The summed E-state index contributed by atoms with van der Waals surface area (Å²) in [5, 5.41) is 4.10. The van der Waals surface area contributed by atoms with Gasteiger partial charge in [-0.25, -0.2) is 0 Å². The molecule has 26 heavy (non-hydrogen) atoms. The largest absolute Gasteiger partial charge is 0.472 e. The lowest BCUT2D eigenvalue weighted by Gasteiger charge is -2.34. The van der Waals surface area contributed by atoms with E-state index in [9.17, 15) is 4.79 Å². The average molecular weight is 350 g/mol. The molecule has 2 fully saturated rings. The fraction of sp³-hybridized carbons (Fsp3) is 0.381. The molecule has 1 amide bonds. The summed E-state index contributed by atoms with van der Waals surface area (Å²) in [6.07, 6.45) is 7.78. The van der Waals surface area contributed by atoms with Gasteiger partial charge in [0.2, 0.25) is 5.88 Å². The molecule has 2 aliphatic heterocycles. The number of nitrogens with one attached hydrogen (secondary N) is 1. The predicted molar refractivity (Wildman–Crippen MR) is 99.4 cm³/mol. The van der Waals surface area contributed by atoms with E-state index >= 15 is 0 Å². The number of nitrogens with zero attached hydrogens (tertiary/aromatic N) is 1. The van der Waals surface area contributed by atoms with Gasteiger partial charge in [-0.05, 0) is 56.8 Å². The van der Waals surface area contributed by atoms with E-state index in [1.54, 1.807) is 6.07 Å². The van der Waals surface area contributed by atoms with Crippen LogP contribution in [-0.4, -0.2) is 29.9 Å². The molecular formula is C21H22N2O3. The van der Waals surface area contributed by atoms with Gasteiger partial charge in [0.1, 0.15) is 11.8 Å². The molecule has 0 aliphatic carbocycles. The van der Waals surface area contributed by atoms with Gasteiger partial charge in [0, 0.05) is 17.0 Å². The second kappa shape index (κ2) is 6.32. The minimum atomic E-state index is -0.197. The average Bonchev–Trinajstić information content (AvgIpc) is 3.39. The number of carbonyl (C=O) groups excluding carboxylic acids is 1. The summed E-state index contributed by atoms with van der Waals surface area (Å²) in [4.78, 5) is 15.1. The molecular weight excluding hydrogens is 328 g/mol. The molecule has 1 N–H and O–H groups in total. The zero-order chi connectivity index (χ0) is 17.5. The van der Waals surface area contributed by atoms with Crippen molar-refractivity contribution in [3.8, 4) is 0 Å². The van der Waals surface area contributed by atoms with Crippen molar-refractivity contribution in [2.45, 2.75) is 37.6 Å². The van der Waals surface area contributed by atoms with Crippen molar-refractivity contribution in [1.82, 2.24) is 4.90 Å². The number of anilines is 1. The maximum absolute atomic E-state index is 12.5. The molecule has 5 nitrogen and oxygen atoms in total. The fourth-order valence-electron chi connectivity index (χ4n) is 4.62. The molecule has 0 radical (unpaired) electrons. The van der Waals surface area contributed by atoms with E-state index in [1.807, 2.05) is 18.2 Å². The molecule has 5 heteroatoms. The number of hydrogen-bond donors (Lipinski definition) is 1. The quantitative estimate of drug-likeness (QED) is 0.749. The number of amides is 1. The van der Waals surface area contributed by atoms with Crippen LogP contribution in [0.1, 0.15) is 47.5 Å². The summed E-state index contributed by atoms with van der Waals surface area (Å²) < 4.78 is 11.1. The zero-order valence-corrected chi connectivity index (χ0v) is 14.6. The van der Waals surface area contributed by atoms with E-state index in [2.05, 4.69) is 16.3 Å². The summed E-state index contributed by atoms with van der Waals surface area (Å²) in [5.74, 6) is 0.809. The van der Waals surface area contributed by atoms with Crippen molar-refractivity contribution in [3.05, 3.63) is 54.0 Å². The fourth-order valence-corrected chi connectivity index (χ4v) is 4.62. The van der Waals surface area contributed by atoms with Gasteiger partial charge in [0.15, 0.2) is 0 Å². The van der Waals surface area contributed by atoms with Crippen LogP contribution in [0.25, 0.3) is 11.0 Å². The highest BCUT2D eigenvalue weighted by Crippen LogP contribution is 2.43. The Morgan fingerprint density at radius 1 is 1.15 bits per heavy atom. The van der Waals surface area contributed by atoms with Crippen LogP contribution in [0.5, 0.6) is 0 Å². The number of fused-ring (bicyclic) bond motifs is 2. The first-order chi connectivity index (χ1) is 12.8. The van der Waals surface area contributed by atoms with Gasteiger partial charge in [-0.15, -0.1) is 0 Å². The predicted octanol–water partition coefficient (Wildman–Crippen LogP) is 4.62. The Bertz CT molecular complexity index is 928. The van der Waals surface area contributed by atoms with Crippen molar-refractivity contribution < 1.29 is 13.6 Å². The van der Waals surface area contributed by atoms with Crippen LogP contribution in [0.3, 0.4) is 0 Å². The van der Waals surface area contributed by atoms with Crippen LogP contribution >= 0.6 is 0 Å². The number of carbonyl (C=O) groups is 1. The monoisotopic (exact) mass is 350 g/mol. The van der Waals surface area contributed by atoms with E-state index in [1.165, 1.54) is 31.9 Å². The molecule has 0 saturated carbocycles. The first kappa shape index (κ1) is 15.7. The minimum absolute atomic E-state index is 0.197. The summed E-state index contributed by atoms with van der Waals surface area (Å²) in [6.45, 7) is 2.36. The van der Waals surface area contributed by atoms with Crippen LogP contribution in [0.2, 0.25) is 0 Å². The Morgan fingerprint density at radius 2 is 2.08 bits per heavy atom. The van der Waals surface area contributed by atoms with Gasteiger partial charge >= 0.3 is 0 Å². The number of para-hydroxylation sites is 1. The Morgan fingerprint density at radius 3 is 2.96 bits per heavy atom. The molecule has 2 saturated heterocycles. The maximum Gasteiger partial charge on any atom is 0.261 e. The Balaban J connectivity index is 1.51. The van der Waals surface area contributed by atoms with E-state index in [4.69, 9.17) is 8.83 Å². The Hall–Kier alpha value is -2.53. The number of hydrogen-bond acceptors (Lipinski definition) is 4.